The van der Waals surface area contributed by atoms with Crippen LogP contribution in [0.5, 0.6) is 0 Å². The first-order valence-corrected chi connectivity index (χ1v) is 5.83. The number of ketones is 1. The van der Waals surface area contributed by atoms with Crippen molar-refractivity contribution in [3.05, 3.63) is 0 Å². The average molecular weight is 243 g/mol. The minimum Gasteiger partial charge on any atom is -0.480 e. The molecule has 3 heterocycles. The van der Waals surface area contributed by atoms with Gasteiger partial charge in [0.15, 0.2) is 0 Å². The molecule has 3 aliphatic heterocycles. The Labute approximate surface area is 99.1 Å². The van der Waals surface area contributed by atoms with E-state index in [4.69, 9.17) is 20.3 Å². The largest absolute Gasteiger partial charge is 0.480 e. The molecule has 17 heavy (non-hydrogen) atoms. The van der Waals surface area contributed by atoms with Gasteiger partial charge in [0, 0.05) is 25.9 Å². The van der Waals surface area contributed by atoms with Crippen LogP contribution in [0.15, 0.2) is 0 Å². The Balaban J connectivity index is 1.79. The summed E-state index contributed by atoms with van der Waals surface area (Å²) in [5.41, 5.74) is 5.31. The summed E-state index contributed by atoms with van der Waals surface area (Å²) in [6.07, 6.45) is 1.89. The SMILES string of the molecule is NC(CC(=O)CC1OCCC2CC1O2)C(=O)O. The molecule has 3 aliphatic rings. The first kappa shape index (κ1) is 12.5. The average Bonchev–Trinajstić information content (AvgIpc) is 2.48. The van der Waals surface area contributed by atoms with Gasteiger partial charge in [0.05, 0.1) is 18.3 Å². The molecule has 0 aromatic rings. The van der Waals surface area contributed by atoms with Gasteiger partial charge in [-0.05, 0) is 6.42 Å². The fraction of sp³-hybridized carbons (Fsp3) is 0.818. The Morgan fingerprint density at radius 2 is 2.18 bits per heavy atom. The van der Waals surface area contributed by atoms with Gasteiger partial charge in [-0.15, -0.1) is 0 Å². The van der Waals surface area contributed by atoms with Gasteiger partial charge < -0.3 is 20.3 Å². The van der Waals surface area contributed by atoms with Crippen LogP contribution >= 0.6 is 0 Å². The molecule has 3 fully saturated rings. The molecule has 0 saturated carbocycles. The lowest BCUT2D eigenvalue weighted by molar-refractivity contribution is -0.156. The molecule has 0 aromatic carbocycles. The van der Waals surface area contributed by atoms with Crippen molar-refractivity contribution in [1.29, 1.82) is 0 Å². The highest BCUT2D eigenvalue weighted by atomic mass is 16.6. The Kier molecular flexibility index (Phi) is 3.76. The molecule has 0 aliphatic carbocycles. The molecule has 3 N–H and O–H groups in total. The quantitative estimate of drug-likeness (QED) is 0.687. The molecule has 0 amide bonds. The van der Waals surface area contributed by atoms with Gasteiger partial charge in [-0.1, -0.05) is 0 Å². The van der Waals surface area contributed by atoms with Crippen molar-refractivity contribution in [3.8, 4) is 0 Å². The molecule has 4 unspecified atom stereocenters. The Morgan fingerprint density at radius 1 is 1.47 bits per heavy atom. The van der Waals surface area contributed by atoms with E-state index < -0.39 is 12.0 Å². The molecule has 0 aromatic heterocycles. The fourth-order valence-electron chi connectivity index (χ4n) is 2.21. The predicted octanol–water partition coefficient (Wildman–Crippen LogP) is -0.306. The van der Waals surface area contributed by atoms with E-state index in [9.17, 15) is 9.59 Å². The third-order valence-electron chi connectivity index (χ3n) is 3.24. The van der Waals surface area contributed by atoms with E-state index in [2.05, 4.69) is 0 Å². The minimum absolute atomic E-state index is 0.00694. The lowest BCUT2D eigenvalue weighted by Gasteiger charge is -2.36. The highest BCUT2D eigenvalue weighted by molar-refractivity contribution is 5.85. The minimum atomic E-state index is -1.15. The number of aliphatic carboxylic acids is 1. The summed E-state index contributed by atoms with van der Waals surface area (Å²) in [5.74, 6) is -1.33. The van der Waals surface area contributed by atoms with Crippen LogP contribution in [-0.4, -0.2) is 47.8 Å². The highest BCUT2D eigenvalue weighted by Gasteiger charge is 2.40. The zero-order valence-electron chi connectivity index (χ0n) is 9.50. The molecule has 4 atom stereocenters. The molecule has 3 saturated heterocycles. The lowest BCUT2D eigenvalue weighted by Crippen LogP contribution is -2.44. The standard InChI is InChI=1S/C11H17NO5/c12-8(11(14)15)3-6(13)4-9-10-5-7(17-10)1-2-16-9/h7-10H,1-5,12H2,(H,14,15). The van der Waals surface area contributed by atoms with Gasteiger partial charge in [-0.2, -0.15) is 0 Å². The summed E-state index contributed by atoms with van der Waals surface area (Å²) < 4.78 is 11.1. The number of fused-ring (bicyclic) bond motifs is 3. The van der Waals surface area contributed by atoms with Crippen molar-refractivity contribution in [1.82, 2.24) is 0 Å². The second-order valence-electron chi connectivity index (χ2n) is 4.62. The molecule has 0 radical (unpaired) electrons. The summed E-state index contributed by atoms with van der Waals surface area (Å²) in [7, 11) is 0. The summed E-state index contributed by atoms with van der Waals surface area (Å²) >= 11 is 0. The van der Waals surface area contributed by atoms with E-state index in [1.807, 2.05) is 0 Å². The fourth-order valence-corrected chi connectivity index (χ4v) is 2.21. The first-order valence-electron chi connectivity index (χ1n) is 5.83. The van der Waals surface area contributed by atoms with Crippen molar-refractivity contribution >= 4 is 11.8 Å². The van der Waals surface area contributed by atoms with Crippen molar-refractivity contribution in [2.24, 2.45) is 5.73 Å². The zero-order valence-corrected chi connectivity index (χ0v) is 9.50. The molecule has 6 nitrogen and oxygen atoms in total. The molecule has 0 spiro atoms. The molecule has 3 rings (SSSR count). The Hall–Kier alpha value is -0.980. The first-order chi connectivity index (χ1) is 8.06. The number of Topliss-reactive ketones (excluding diaryl/α,β-unsaturated/α-hetero) is 1. The van der Waals surface area contributed by atoms with E-state index in [1.165, 1.54) is 0 Å². The van der Waals surface area contributed by atoms with Crippen LogP contribution in [0.1, 0.15) is 25.7 Å². The summed E-state index contributed by atoms with van der Waals surface area (Å²) in [5, 5.41) is 8.61. The number of carboxylic acids is 1. The van der Waals surface area contributed by atoms with Crippen molar-refractivity contribution in [2.75, 3.05) is 6.61 Å². The molecule has 6 heteroatoms. The molecule has 2 bridgehead atoms. The number of rotatable bonds is 5. The number of nitrogens with two attached hydrogens (primary N) is 1. The van der Waals surface area contributed by atoms with Crippen LogP contribution < -0.4 is 5.73 Å². The van der Waals surface area contributed by atoms with Crippen LogP contribution in [0.3, 0.4) is 0 Å². The summed E-state index contributed by atoms with van der Waals surface area (Å²) in [4.78, 5) is 22.1. The molecular formula is C11H17NO5. The van der Waals surface area contributed by atoms with Gasteiger partial charge in [0.25, 0.3) is 0 Å². The number of carboxylic acid groups (broad SMARTS) is 1. The van der Waals surface area contributed by atoms with Gasteiger partial charge in [-0.3, -0.25) is 9.59 Å². The monoisotopic (exact) mass is 243 g/mol. The van der Waals surface area contributed by atoms with E-state index in [0.29, 0.717) is 6.61 Å². The normalized spacial score (nSPS) is 33.4. The topological polar surface area (TPSA) is 98.9 Å². The lowest BCUT2D eigenvalue weighted by atomic mass is 9.95. The maximum Gasteiger partial charge on any atom is 0.320 e. The number of ether oxygens (including phenoxy) is 2. The summed E-state index contributed by atoms with van der Waals surface area (Å²) in [6, 6.07) is -1.12. The van der Waals surface area contributed by atoms with Crippen LogP contribution in [0, 0.1) is 0 Å². The van der Waals surface area contributed by atoms with Gasteiger partial charge in [-0.25, -0.2) is 0 Å². The van der Waals surface area contributed by atoms with E-state index in [0.717, 1.165) is 12.8 Å². The molecule has 96 valence electrons. The number of carbonyl (C=O) groups is 2. The maximum atomic E-state index is 11.6. The van der Waals surface area contributed by atoms with Gasteiger partial charge >= 0.3 is 5.97 Å². The summed E-state index contributed by atoms with van der Waals surface area (Å²) in [6.45, 7) is 0.601. The number of carbonyl (C=O) groups excluding carboxylic acids is 1. The smallest absolute Gasteiger partial charge is 0.320 e. The van der Waals surface area contributed by atoms with E-state index >= 15 is 0 Å². The van der Waals surface area contributed by atoms with Gasteiger partial charge in [0.1, 0.15) is 11.8 Å². The predicted molar refractivity (Wildman–Crippen MR) is 57.5 cm³/mol. The zero-order chi connectivity index (χ0) is 12.4. The third-order valence-corrected chi connectivity index (χ3v) is 3.24. The van der Waals surface area contributed by atoms with Gasteiger partial charge in [0.2, 0.25) is 0 Å². The Morgan fingerprint density at radius 3 is 2.82 bits per heavy atom. The Bertz CT molecular complexity index is 313. The number of hydrogen-bond acceptors (Lipinski definition) is 5. The van der Waals surface area contributed by atoms with E-state index in [-0.39, 0.29) is 36.9 Å². The van der Waals surface area contributed by atoms with Crippen LogP contribution in [-0.2, 0) is 19.1 Å². The van der Waals surface area contributed by atoms with Crippen LogP contribution in [0.25, 0.3) is 0 Å². The number of hydrogen-bond donors (Lipinski definition) is 2. The maximum absolute atomic E-state index is 11.6. The second-order valence-corrected chi connectivity index (χ2v) is 4.62. The third kappa shape index (κ3) is 3.02. The molecular weight excluding hydrogens is 226 g/mol. The van der Waals surface area contributed by atoms with Crippen molar-refractivity contribution in [3.63, 3.8) is 0 Å². The van der Waals surface area contributed by atoms with E-state index in [1.54, 1.807) is 0 Å². The van der Waals surface area contributed by atoms with Crippen molar-refractivity contribution in [2.45, 2.75) is 50.0 Å². The second kappa shape index (κ2) is 5.12. The van der Waals surface area contributed by atoms with Crippen LogP contribution in [0.2, 0.25) is 0 Å². The van der Waals surface area contributed by atoms with Crippen molar-refractivity contribution < 1.29 is 24.2 Å². The highest BCUT2D eigenvalue weighted by Crippen LogP contribution is 2.32. The van der Waals surface area contributed by atoms with Crippen LogP contribution in [0.4, 0.5) is 0 Å².